The van der Waals surface area contributed by atoms with Gasteiger partial charge in [-0.05, 0) is 41.8 Å². The number of fused-ring (bicyclic) bond motifs is 1. The summed E-state index contributed by atoms with van der Waals surface area (Å²) in [6.07, 6.45) is 7.02. The SMILES string of the molecule is CCN(Cc1cccc(-c2ccncc2)c1)c1ncnc2c1ncn2C. The number of aromatic nitrogens is 5. The second kappa shape index (κ2) is 6.92. The van der Waals surface area contributed by atoms with E-state index >= 15 is 0 Å². The summed E-state index contributed by atoms with van der Waals surface area (Å²) in [6, 6.07) is 12.6. The summed E-state index contributed by atoms with van der Waals surface area (Å²) in [5.41, 5.74) is 5.26. The molecule has 1 aromatic carbocycles. The molecule has 0 aliphatic heterocycles. The van der Waals surface area contributed by atoms with E-state index in [1.54, 1.807) is 12.7 Å². The first-order valence-electron chi connectivity index (χ1n) is 8.62. The Morgan fingerprint density at radius 3 is 2.65 bits per heavy atom. The molecule has 6 nitrogen and oxygen atoms in total. The topological polar surface area (TPSA) is 59.7 Å². The second-order valence-electron chi connectivity index (χ2n) is 6.18. The Bertz CT molecular complexity index is 1020. The van der Waals surface area contributed by atoms with Crippen molar-refractivity contribution in [1.82, 2.24) is 24.5 Å². The Morgan fingerprint density at radius 1 is 1.00 bits per heavy atom. The van der Waals surface area contributed by atoms with Gasteiger partial charge in [0.25, 0.3) is 0 Å². The van der Waals surface area contributed by atoms with Crippen molar-refractivity contribution in [3.8, 4) is 11.1 Å². The summed E-state index contributed by atoms with van der Waals surface area (Å²) in [5.74, 6) is 0.868. The van der Waals surface area contributed by atoms with Gasteiger partial charge >= 0.3 is 0 Å². The molecule has 130 valence electrons. The van der Waals surface area contributed by atoms with Gasteiger partial charge in [-0.25, -0.2) is 15.0 Å². The van der Waals surface area contributed by atoms with E-state index in [0.717, 1.165) is 30.1 Å². The Hall–Kier alpha value is -3.28. The average molecular weight is 344 g/mol. The monoisotopic (exact) mass is 344 g/mol. The Labute approximate surface area is 152 Å². The fourth-order valence-electron chi connectivity index (χ4n) is 3.12. The minimum absolute atomic E-state index is 0.762. The third-order valence-electron chi connectivity index (χ3n) is 4.47. The normalized spacial score (nSPS) is 11.0. The van der Waals surface area contributed by atoms with Crippen LogP contribution in [-0.2, 0) is 13.6 Å². The van der Waals surface area contributed by atoms with Crippen molar-refractivity contribution in [1.29, 1.82) is 0 Å². The zero-order valence-electron chi connectivity index (χ0n) is 14.9. The van der Waals surface area contributed by atoms with Crippen LogP contribution in [0.1, 0.15) is 12.5 Å². The molecule has 6 heteroatoms. The largest absolute Gasteiger partial charge is 0.351 e. The molecule has 0 amide bonds. The number of benzene rings is 1. The van der Waals surface area contributed by atoms with Crippen LogP contribution in [0, 0.1) is 0 Å². The maximum atomic E-state index is 4.50. The Balaban J connectivity index is 1.67. The van der Waals surface area contributed by atoms with Gasteiger partial charge in [0.1, 0.15) is 6.33 Å². The van der Waals surface area contributed by atoms with Crippen LogP contribution in [0.3, 0.4) is 0 Å². The third kappa shape index (κ3) is 3.01. The lowest BCUT2D eigenvalue weighted by Gasteiger charge is -2.22. The van der Waals surface area contributed by atoms with Gasteiger partial charge in [-0.1, -0.05) is 18.2 Å². The summed E-state index contributed by atoms with van der Waals surface area (Å²) in [6.45, 7) is 3.73. The summed E-state index contributed by atoms with van der Waals surface area (Å²) >= 11 is 0. The number of anilines is 1. The highest BCUT2D eigenvalue weighted by Gasteiger charge is 2.14. The highest BCUT2D eigenvalue weighted by molar-refractivity contribution is 5.83. The van der Waals surface area contributed by atoms with E-state index in [0.29, 0.717) is 0 Å². The van der Waals surface area contributed by atoms with E-state index in [1.165, 1.54) is 16.7 Å². The lowest BCUT2D eigenvalue weighted by atomic mass is 10.0. The third-order valence-corrected chi connectivity index (χ3v) is 4.47. The first-order valence-corrected chi connectivity index (χ1v) is 8.62. The van der Waals surface area contributed by atoms with E-state index in [2.05, 4.69) is 56.0 Å². The van der Waals surface area contributed by atoms with Crippen LogP contribution in [0.4, 0.5) is 5.82 Å². The van der Waals surface area contributed by atoms with Crippen LogP contribution in [-0.4, -0.2) is 31.0 Å². The van der Waals surface area contributed by atoms with E-state index in [4.69, 9.17) is 0 Å². The molecule has 26 heavy (non-hydrogen) atoms. The first-order chi connectivity index (χ1) is 12.8. The number of hydrogen-bond donors (Lipinski definition) is 0. The predicted molar refractivity (Wildman–Crippen MR) is 103 cm³/mol. The van der Waals surface area contributed by atoms with E-state index in [-0.39, 0.29) is 0 Å². The Morgan fingerprint density at radius 2 is 1.85 bits per heavy atom. The maximum Gasteiger partial charge on any atom is 0.165 e. The molecule has 0 N–H and O–H groups in total. The van der Waals surface area contributed by atoms with Gasteiger partial charge in [0, 0.05) is 32.5 Å². The molecule has 0 radical (unpaired) electrons. The second-order valence-corrected chi connectivity index (χ2v) is 6.18. The highest BCUT2D eigenvalue weighted by Crippen LogP contribution is 2.24. The standard InChI is InChI=1S/C20H20N6/c1-3-26(20-18-19(22-13-23-20)25(2)14-24-18)12-15-5-4-6-17(11-15)16-7-9-21-10-8-16/h4-11,13-14H,3,12H2,1-2H3. The molecule has 0 aliphatic rings. The lowest BCUT2D eigenvalue weighted by molar-refractivity contribution is 0.814. The van der Waals surface area contributed by atoms with Crippen molar-refractivity contribution in [2.75, 3.05) is 11.4 Å². The van der Waals surface area contributed by atoms with Crippen LogP contribution < -0.4 is 4.90 Å². The lowest BCUT2D eigenvalue weighted by Crippen LogP contribution is -2.23. The van der Waals surface area contributed by atoms with Gasteiger partial charge in [-0.2, -0.15) is 0 Å². The van der Waals surface area contributed by atoms with Gasteiger partial charge < -0.3 is 9.47 Å². The van der Waals surface area contributed by atoms with Crippen molar-refractivity contribution in [2.24, 2.45) is 7.05 Å². The number of imidazole rings is 1. The van der Waals surface area contributed by atoms with Crippen molar-refractivity contribution >= 4 is 17.0 Å². The zero-order valence-corrected chi connectivity index (χ0v) is 14.9. The quantitative estimate of drug-likeness (QED) is 0.555. The minimum Gasteiger partial charge on any atom is -0.351 e. The molecule has 3 aromatic heterocycles. The minimum atomic E-state index is 0.762. The molecule has 0 fully saturated rings. The smallest absolute Gasteiger partial charge is 0.165 e. The number of rotatable bonds is 5. The molecule has 0 atom stereocenters. The molecular weight excluding hydrogens is 324 g/mol. The number of pyridine rings is 1. The fraction of sp³-hybridized carbons (Fsp3) is 0.200. The molecule has 0 spiro atoms. The summed E-state index contributed by atoms with van der Waals surface area (Å²) in [4.78, 5) is 19.6. The van der Waals surface area contributed by atoms with Crippen LogP contribution in [0.5, 0.6) is 0 Å². The Kier molecular flexibility index (Phi) is 4.31. The van der Waals surface area contributed by atoms with Gasteiger partial charge in [0.05, 0.1) is 6.33 Å². The van der Waals surface area contributed by atoms with Gasteiger partial charge in [0.2, 0.25) is 0 Å². The maximum absolute atomic E-state index is 4.50. The molecule has 0 aliphatic carbocycles. The number of aryl methyl sites for hydroxylation is 1. The van der Waals surface area contributed by atoms with Gasteiger partial charge in [0.15, 0.2) is 17.0 Å². The predicted octanol–water partition coefficient (Wildman–Crippen LogP) is 3.45. The van der Waals surface area contributed by atoms with Crippen LogP contribution in [0.15, 0.2) is 61.4 Å². The van der Waals surface area contributed by atoms with E-state index in [9.17, 15) is 0 Å². The molecule has 3 heterocycles. The molecule has 4 rings (SSSR count). The number of hydrogen-bond acceptors (Lipinski definition) is 5. The molecule has 4 aromatic rings. The van der Waals surface area contributed by atoms with Crippen molar-refractivity contribution in [3.05, 3.63) is 67.0 Å². The molecule has 0 unspecified atom stereocenters. The zero-order chi connectivity index (χ0) is 17.9. The van der Waals surface area contributed by atoms with E-state index < -0.39 is 0 Å². The summed E-state index contributed by atoms with van der Waals surface area (Å²) < 4.78 is 1.92. The summed E-state index contributed by atoms with van der Waals surface area (Å²) in [5, 5.41) is 0. The van der Waals surface area contributed by atoms with Gasteiger partial charge in [-0.15, -0.1) is 0 Å². The summed E-state index contributed by atoms with van der Waals surface area (Å²) in [7, 11) is 1.95. The van der Waals surface area contributed by atoms with Crippen LogP contribution >= 0.6 is 0 Å². The average Bonchev–Trinajstić information content (AvgIpc) is 3.08. The van der Waals surface area contributed by atoms with E-state index in [1.807, 2.05) is 36.1 Å². The molecule has 0 saturated carbocycles. The molecule has 0 saturated heterocycles. The van der Waals surface area contributed by atoms with Crippen molar-refractivity contribution in [3.63, 3.8) is 0 Å². The van der Waals surface area contributed by atoms with Crippen molar-refractivity contribution in [2.45, 2.75) is 13.5 Å². The highest BCUT2D eigenvalue weighted by atomic mass is 15.2. The molecule has 0 bridgehead atoms. The fourth-order valence-corrected chi connectivity index (χ4v) is 3.12. The first kappa shape index (κ1) is 16.2. The van der Waals surface area contributed by atoms with Crippen molar-refractivity contribution < 1.29 is 0 Å². The molecular formula is C20H20N6. The number of nitrogens with zero attached hydrogens (tertiary/aromatic N) is 6. The van der Waals surface area contributed by atoms with Crippen LogP contribution in [0.25, 0.3) is 22.3 Å². The van der Waals surface area contributed by atoms with Gasteiger partial charge in [-0.3, -0.25) is 4.98 Å². The van der Waals surface area contributed by atoms with Crippen LogP contribution in [0.2, 0.25) is 0 Å².